The van der Waals surface area contributed by atoms with Crippen LogP contribution in [-0.4, -0.2) is 18.3 Å². The molecule has 2 aromatic carbocycles. The van der Waals surface area contributed by atoms with Crippen LogP contribution in [0.1, 0.15) is 37.1 Å². The Bertz CT molecular complexity index is 539. The zero-order chi connectivity index (χ0) is 15.2. The molecule has 21 heavy (non-hydrogen) atoms. The van der Waals surface area contributed by atoms with Crippen molar-refractivity contribution in [2.75, 3.05) is 7.11 Å². The lowest BCUT2D eigenvalue weighted by atomic mass is 10.0. The lowest BCUT2D eigenvalue weighted by Gasteiger charge is -2.25. The smallest absolute Gasteiger partial charge is 0.118 e. The predicted molar refractivity (Wildman–Crippen MR) is 85.4 cm³/mol. The zero-order valence-corrected chi connectivity index (χ0v) is 12.8. The molecule has 0 radical (unpaired) electrons. The molecule has 0 aliphatic heterocycles. The molecule has 0 saturated heterocycles. The summed E-state index contributed by atoms with van der Waals surface area (Å²) in [5.41, 5.74) is 2.10. The van der Waals surface area contributed by atoms with Gasteiger partial charge in [-0.3, -0.25) is 0 Å². The number of hydrogen-bond acceptors (Lipinski definition) is 3. The number of methoxy groups -OCH3 is 1. The predicted octanol–water partition coefficient (Wildman–Crippen LogP) is 3.47. The molecule has 2 rings (SSSR count). The number of aliphatic hydroxyl groups is 1. The van der Waals surface area contributed by atoms with E-state index in [-0.39, 0.29) is 12.1 Å². The maximum atomic E-state index is 10.4. The van der Waals surface area contributed by atoms with Gasteiger partial charge in [-0.05, 0) is 37.1 Å². The largest absolute Gasteiger partial charge is 0.497 e. The van der Waals surface area contributed by atoms with Gasteiger partial charge in [0, 0.05) is 12.1 Å². The summed E-state index contributed by atoms with van der Waals surface area (Å²) in [7, 11) is 1.66. The van der Waals surface area contributed by atoms with E-state index in [0.29, 0.717) is 0 Å². The molecular formula is C18H23NO2. The van der Waals surface area contributed by atoms with Gasteiger partial charge in [0.15, 0.2) is 0 Å². The van der Waals surface area contributed by atoms with E-state index >= 15 is 0 Å². The van der Waals surface area contributed by atoms with Crippen LogP contribution in [-0.2, 0) is 0 Å². The van der Waals surface area contributed by atoms with Crippen LogP contribution < -0.4 is 10.1 Å². The fourth-order valence-electron chi connectivity index (χ4n) is 2.41. The Morgan fingerprint density at radius 3 is 2.10 bits per heavy atom. The number of hydrogen-bond donors (Lipinski definition) is 2. The van der Waals surface area contributed by atoms with Crippen LogP contribution in [0.15, 0.2) is 54.6 Å². The molecule has 0 amide bonds. The summed E-state index contributed by atoms with van der Waals surface area (Å²) in [5, 5.41) is 13.8. The monoisotopic (exact) mass is 285 g/mol. The topological polar surface area (TPSA) is 41.5 Å². The summed E-state index contributed by atoms with van der Waals surface area (Å²) in [5.74, 6) is 0.850. The van der Waals surface area contributed by atoms with E-state index in [4.69, 9.17) is 4.74 Å². The van der Waals surface area contributed by atoms with Gasteiger partial charge in [0.2, 0.25) is 0 Å². The minimum absolute atomic E-state index is 0.0375. The maximum absolute atomic E-state index is 10.4. The van der Waals surface area contributed by atoms with Crippen molar-refractivity contribution in [1.82, 2.24) is 5.32 Å². The highest BCUT2D eigenvalue weighted by atomic mass is 16.5. The highest BCUT2D eigenvalue weighted by molar-refractivity contribution is 5.29. The quantitative estimate of drug-likeness (QED) is 0.854. The van der Waals surface area contributed by atoms with Crippen molar-refractivity contribution in [3.8, 4) is 5.75 Å². The Balaban J connectivity index is 1.99. The van der Waals surface area contributed by atoms with Crippen molar-refractivity contribution in [2.24, 2.45) is 0 Å². The summed E-state index contributed by atoms with van der Waals surface area (Å²) < 4.78 is 5.17. The first-order chi connectivity index (χ1) is 10.1. The minimum Gasteiger partial charge on any atom is -0.497 e. The third kappa shape index (κ3) is 4.06. The number of benzene rings is 2. The van der Waals surface area contributed by atoms with Crippen LogP contribution in [0.2, 0.25) is 0 Å². The van der Waals surface area contributed by atoms with E-state index in [1.54, 1.807) is 7.11 Å². The molecule has 0 spiro atoms. The van der Waals surface area contributed by atoms with Gasteiger partial charge in [-0.15, -0.1) is 0 Å². The zero-order valence-electron chi connectivity index (χ0n) is 12.8. The molecule has 0 saturated carbocycles. The molecule has 112 valence electrons. The molecule has 0 fully saturated rings. The molecule has 0 aliphatic rings. The lowest BCUT2D eigenvalue weighted by Crippen LogP contribution is -2.34. The van der Waals surface area contributed by atoms with Gasteiger partial charge in [-0.2, -0.15) is 0 Å². The highest BCUT2D eigenvalue weighted by Gasteiger charge is 2.18. The maximum Gasteiger partial charge on any atom is 0.118 e. The van der Waals surface area contributed by atoms with Gasteiger partial charge in [0.25, 0.3) is 0 Å². The van der Waals surface area contributed by atoms with Crippen molar-refractivity contribution in [2.45, 2.75) is 32.0 Å². The Hall–Kier alpha value is -1.84. The fourth-order valence-corrected chi connectivity index (χ4v) is 2.41. The first kappa shape index (κ1) is 15.5. The Labute approximate surface area is 126 Å². The molecule has 2 N–H and O–H groups in total. The van der Waals surface area contributed by atoms with Gasteiger partial charge in [0.1, 0.15) is 5.75 Å². The van der Waals surface area contributed by atoms with Crippen molar-refractivity contribution >= 4 is 0 Å². The molecular weight excluding hydrogens is 262 g/mol. The van der Waals surface area contributed by atoms with E-state index in [9.17, 15) is 5.11 Å². The van der Waals surface area contributed by atoms with Gasteiger partial charge in [-0.25, -0.2) is 0 Å². The Morgan fingerprint density at radius 1 is 0.905 bits per heavy atom. The van der Waals surface area contributed by atoms with Gasteiger partial charge in [-0.1, -0.05) is 42.5 Å². The lowest BCUT2D eigenvalue weighted by molar-refractivity contribution is 0.130. The molecule has 0 unspecified atom stereocenters. The molecule has 0 heterocycles. The van der Waals surface area contributed by atoms with E-state index in [0.717, 1.165) is 11.3 Å². The molecule has 0 bridgehead atoms. The highest BCUT2D eigenvalue weighted by Crippen LogP contribution is 2.21. The van der Waals surface area contributed by atoms with Crippen LogP contribution in [0.4, 0.5) is 0 Å². The second-order valence-corrected chi connectivity index (χ2v) is 5.31. The number of nitrogens with one attached hydrogen (secondary N) is 1. The van der Waals surface area contributed by atoms with Crippen molar-refractivity contribution < 1.29 is 9.84 Å². The molecule has 3 nitrogen and oxygen atoms in total. The summed E-state index contributed by atoms with van der Waals surface area (Å²) in [6.45, 7) is 4.09. The van der Waals surface area contributed by atoms with Crippen LogP contribution in [0, 0.1) is 0 Å². The van der Waals surface area contributed by atoms with Crippen LogP contribution in [0.5, 0.6) is 5.75 Å². The van der Waals surface area contributed by atoms with Gasteiger partial charge >= 0.3 is 0 Å². The number of ether oxygens (including phenoxy) is 1. The van der Waals surface area contributed by atoms with Crippen molar-refractivity contribution in [1.29, 1.82) is 0 Å². The van der Waals surface area contributed by atoms with Crippen molar-refractivity contribution in [3.05, 3.63) is 65.7 Å². The first-order valence-corrected chi connectivity index (χ1v) is 7.25. The molecule has 3 heteroatoms. The van der Waals surface area contributed by atoms with Gasteiger partial charge < -0.3 is 15.2 Å². The summed E-state index contributed by atoms with van der Waals surface area (Å²) in [6.07, 6.45) is -0.521. The van der Waals surface area contributed by atoms with Crippen molar-refractivity contribution in [3.63, 3.8) is 0 Å². The molecule has 3 atom stereocenters. The van der Waals surface area contributed by atoms with Gasteiger partial charge in [0.05, 0.1) is 13.2 Å². The second-order valence-electron chi connectivity index (χ2n) is 5.31. The standard InChI is InChI=1S/C18H23NO2/c1-13(15-9-11-17(21-3)12-10-15)19-14(2)18(20)16-7-5-4-6-8-16/h4-14,18-20H,1-3H3/t13-,14+,18+/m1/s1. The normalized spacial score (nSPS) is 15.2. The van der Waals surface area contributed by atoms with Crippen LogP contribution in [0.3, 0.4) is 0 Å². The Morgan fingerprint density at radius 2 is 1.52 bits per heavy atom. The van der Waals surface area contributed by atoms with E-state index < -0.39 is 6.10 Å². The third-order valence-corrected chi connectivity index (χ3v) is 3.74. The molecule has 2 aromatic rings. The third-order valence-electron chi connectivity index (χ3n) is 3.74. The minimum atomic E-state index is -0.521. The molecule has 0 aliphatic carbocycles. The Kier molecular flexibility index (Phi) is 5.37. The number of aliphatic hydroxyl groups excluding tert-OH is 1. The summed E-state index contributed by atoms with van der Waals surface area (Å²) >= 11 is 0. The fraction of sp³-hybridized carbons (Fsp3) is 0.333. The summed E-state index contributed by atoms with van der Waals surface area (Å²) in [4.78, 5) is 0. The van der Waals surface area contributed by atoms with E-state index in [2.05, 4.69) is 12.2 Å². The second kappa shape index (κ2) is 7.25. The number of rotatable bonds is 6. The average molecular weight is 285 g/mol. The van der Waals surface area contributed by atoms with Crippen LogP contribution >= 0.6 is 0 Å². The average Bonchev–Trinajstić information content (AvgIpc) is 2.55. The molecule has 0 aromatic heterocycles. The first-order valence-electron chi connectivity index (χ1n) is 7.25. The van der Waals surface area contributed by atoms with E-state index in [1.807, 2.05) is 61.5 Å². The summed E-state index contributed by atoms with van der Waals surface area (Å²) in [6, 6.07) is 17.8. The SMILES string of the molecule is COc1ccc([C@@H](C)N[C@@H](C)[C@H](O)c2ccccc2)cc1. The van der Waals surface area contributed by atoms with Crippen LogP contribution in [0.25, 0.3) is 0 Å². The van der Waals surface area contributed by atoms with E-state index in [1.165, 1.54) is 5.56 Å².